The monoisotopic (exact) mass is 444 g/mol. The summed E-state index contributed by atoms with van der Waals surface area (Å²) >= 11 is 0. The van der Waals surface area contributed by atoms with Gasteiger partial charge in [-0.1, -0.05) is 26.0 Å². The first-order valence-electron chi connectivity index (χ1n) is 11.6. The molecule has 4 aliphatic heterocycles. The highest BCUT2D eigenvalue weighted by atomic mass is 17.3. The van der Waals surface area contributed by atoms with Crippen LogP contribution in [0.1, 0.15) is 52.0 Å². The minimum atomic E-state index is -0.846. The van der Waals surface area contributed by atoms with E-state index in [1.807, 2.05) is 31.2 Å². The number of fused-ring (bicyclic) bond motifs is 2. The van der Waals surface area contributed by atoms with Crippen molar-refractivity contribution in [3.8, 4) is 5.75 Å². The summed E-state index contributed by atoms with van der Waals surface area (Å²) in [4.78, 5) is 24.6. The third kappa shape index (κ3) is 3.55. The number of hydrogen-bond acceptors (Lipinski definition) is 7. The van der Waals surface area contributed by atoms with Crippen LogP contribution in [0.3, 0.4) is 0 Å². The summed E-state index contributed by atoms with van der Waals surface area (Å²) in [5.41, 5.74) is 0.223. The van der Waals surface area contributed by atoms with E-state index in [0.29, 0.717) is 5.92 Å². The minimum absolute atomic E-state index is 0.0470. The molecule has 4 saturated heterocycles. The van der Waals surface area contributed by atoms with Gasteiger partial charge >= 0.3 is 5.97 Å². The van der Waals surface area contributed by atoms with E-state index in [0.717, 1.165) is 37.0 Å². The topological polar surface area (TPSA) is 72.5 Å². The summed E-state index contributed by atoms with van der Waals surface area (Å²) in [6.07, 6.45) is 5.59. The van der Waals surface area contributed by atoms with Crippen molar-refractivity contribution in [3.05, 3.63) is 35.9 Å². The van der Waals surface area contributed by atoms with Crippen molar-refractivity contribution in [3.63, 3.8) is 0 Å². The van der Waals surface area contributed by atoms with Crippen molar-refractivity contribution in [2.45, 2.75) is 70.4 Å². The average Bonchev–Trinajstić information content (AvgIpc) is 3.02. The smallest absolute Gasteiger partial charge is 0.333 e. The fourth-order valence-corrected chi connectivity index (χ4v) is 6.04. The van der Waals surface area contributed by atoms with Crippen molar-refractivity contribution in [2.75, 3.05) is 7.11 Å². The molecule has 7 heteroatoms. The Hall–Kier alpha value is -1.93. The van der Waals surface area contributed by atoms with Gasteiger partial charge in [0.2, 0.25) is 12.1 Å². The first-order chi connectivity index (χ1) is 15.3. The van der Waals surface area contributed by atoms with Crippen LogP contribution in [0, 0.1) is 23.7 Å². The summed E-state index contributed by atoms with van der Waals surface area (Å²) < 4.78 is 23.5. The SMILES string of the molecule is COc1ccc(/C=C/C(=O)O[C@@H]2O[C@@H]3O[C@@]4(C)CC[C@@H]5[C@H](C)CC[C@H]([C@@H]2C)[C@@]35OO4)cc1. The maximum absolute atomic E-state index is 12.6. The fourth-order valence-electron chi connectivity index (χ4n) is 6.04. The van der Waals surface area contributed by atoms with E-state index in [1.54, 1.807) is 13.2 Å². The molecule has 1 aliphatic carbocycles. The quantitative estimate of drug-likeness (QED) is 0.386. The van der Waals surface area contributed by atoms with Crippen LogP contribution in [0.5, 0.6) is 5.75 Å². The molecule has 32 heavy (non-hydrogen) atoms. The van der Waals surface area contributed by atoms with E-state index in [-0.39, 0.29) is 17.8 Å². The summed E-state index contributed by atoms with van der Waals surface area (Å²) in [6.45, 7) is 6.23. The van der Waals surface area contributed by atoms with Crippen LogP contribution in [-0.4, -0.2) is 37.0 Å². The highest BCUT2D eigenvalue weighted by Crippen LogP contribution is 2.60. The summed E-state index contributed by atoms with van der Waals surface area (Å²) in [5.74, 6) is 0.314. The lowest BCUT2D eigenvalue weighted by Gasteiger charge is -2.59. The van der Waals surface area contributed by atoms with Crippen LogP contribution < -0.4 is 4.74 Å². The van der Waals surface area contributed by atoms with Gasteiger partial charge in [0, 0.05) is 24.3 Å². The lowest BCUT2D eigenvalue weighted by atomic mass is 9.58. The molecule has 174 valence electrons. The Balaban J connectivity index is 1.33. The van der Waals surface area contributed by atoms with E-state index in [9.17, 15) is 4.79 Å². The number of hydrogen-bond donors (Lipinski definition) is 0. The second kappa shape index (κ2) is 8.13. The van der Waals surface area contributed by atoms with Crippen LogP contribution in [0.4, 0.5) is 0 Å². The van der Waals surface area contributed by atoms with Gasteiger partial charge in [0.05, 0.1) is 7.11 Å². The lowest BCUT2D eigenvalue weighted by Crippen LogP contribution is -2.70. The summed E-state index contributed by atoms with van der Waals surface area (Å²) in [6, 6.07) is 7.45. The Morgan fingerprint density at radius 1 is 1.09 bits per heavy atom. The average molecular weight is 445 g/mol. The highest BCUT2D eigenvalue weighted by Gasteiger charge is 2.69. The molecule has 1 spiro atoms. The molecule has 0 aromatic heterocycles. The van der Waals surface area contributed by atoms with Crippen LogP contribution in [0.2, 0.25) is 0 Å². The van der Waals surface area contributed by atoms with Crippen LogP contribution in [0.25, 0.3) is 6.08 Å². The van der Waals surface area contributed by atoms with Crippen LogP contribution >= 0.6 is 0 Å². The Morgan fingerprint density at radius 3 is 2.62 bits per heavy atom. The molecule has 1 aromatic carbocycles. The van der Waals surface area contributed by atoms with Gasteiger partial charge in [0.25, 0.3) is 0 Å². The standard InChI is InChI=1S/C25H32O7/c1-15-5-11-20-16(2)22(28-21(26)12-8-17-6-9-18(27-4)10-7-17)29-23-25(20)19(15)13-14-24(3,30-23)31-32-25/h6-10,12,15-16,19-20,22-23H,5,11,13-14H2,1-4H3/b12-8+/t15-,16+,19-,20-,22-,23-,24-,25-/m1/s1. The second-order valence-electron chi connectivity index (χ2n) is 9.82. The predicted octanol–water partition coefficient (Wildman–Crippen LogP) is 4.46. The molecule has 1 aromatic rings. The van der Waals surface area contributed by atoms with Gasteiger partial charge in [0.1, 0.15) is 5.75 Å². The maximum Gasteiger partial charge on any atom is 0.333 e. The molecule has 0 unspecified atom stereocenters. The zero-order valence-electron chi connectivity index (χ0n) is 19.1. The van der Waals surface area contributed by atoms with Crippen LogP contribution in [0.15, 0.2) is 30.3 Å². The molecule has 0 radical (unpaired) electrons. The third-order valence-corrected chi connectivity index (χ3v) is 7.86. The van der Waals surface area contributed by atoms with Gasteiger partial charge in [-0.3, -0.25) is 0 Å². The van der Waals surface area contributed by atoms with E-state index >= 15 is 0 Å². The number of carbonyl (C=O) groups excluding carboxylic acids is 1. The zero-order chi connectivity index (χ0) is 22.5. The minimum Gasteiger partial charge on any atom is -0.497 e. The van der Waals surface area contributed by atoms with Crippen molar-refractivity contribution in [1.82, 2.24) is 0 Å². The zero-order valence-corrected chi connectivity index (χ0v) is 19.1. The molecular formula is C25H32O7. The lowest BCUT2D eigenvalue weighted by molar-refractivity contribution is -0.576. The second-order valence-corrected chi connectivity index (χ2v) is 9.82. The molecule has 8 atom stereocenters. The Labute approximate surface area is 188 Å². The number of ether oxygens (including phenoxy) is 4. The van der Waals surface area contributed by atoms with Gasteiger partial charge in [-0.15, -0.1) is 0 Å². The third-order valence-electron chi connectivity index (χ3n) is 7.86. The van der Waals surface area contributed by atoms with E-state index in [1.165, 1.54) is 6.08 Å². The molecule has 4 heterocycles. The number of carbonyl (C=O) groups is 1. The molecular weight excluding hydrogens is 412 g/mol. The molecule has 6 rings (SSSR count). The number of benzene rings is 1. The predicted molar refractivity (Wildman–Crippen MR) is 115 cm³/mol. The highest BCUT2D eigenvalue weighted by molar-refractivity contribution is 5.87. The van der Waals surface area contributed by atoms with Crippen molar-refractivity contribution >= 4 is 12.0 Å². The fraction of sp³-hybridized carbons (Fsp3) is 0.640. The van der Waals surface area contributed by atoms with Crippen molar-refractivity contribution in [2.24, 2.45) is 23.7 Å². The van der Waals surface area contributed by atoms with Gasteiger partial charge in [-0.05, 0) is 61.8 Å². The van der Waals surface area contributed by atoms with E-state index in [4.69, 9.17) is 28.7 Å². The maximum atomic E-state index is 12.6. The van der Waals surface area contributed by atoms with Crippen molar-refractivity contribution < 1.29 is 33.5 Å². The normalized spacial score (nSPS) is 42.9. The first kappa shape index (κ1) is 21.9. The largest absolute Gasteiger partial charge is 0.497 e. The van der Waals surface area contributed by atoms with Gasteiger partial charge < -0.3 is 18.9 Å². The molecule has 7 nitrogen and oxygen atoms in total. The number of methoxy groups -OCH3 is 1. The Bertz CT molecular complexity index is 883. The summed E-state index contributed by atoms with van der Waals surface area (Å²) in [5, 5.41) is 0. The van der Waals surface area contributed by atoms with Crippen molar-refractivity contribution in [1.29, 1.82) is 0 Å². The molecule has 0 N–H and O–H groups in total. The number of esters is 1. The van der Waals surface area contributed by atoms with Gasteiger partial charge in [-0.2, -0.15) is 0 Å². The van der Waals surface area contributed by atoms with Gasteiger partial charge in [0.15, 0.2) is 11.9 Å². The molecule has 5 fully saturated rings. The van der Waals surface area contributed by atoms with Crippen LogP contribution in [-0.2, 0) is 28.8 Å². The summed E-state index contributed by atoms with van der Waals surface area (Å²) in [7, 11) is 1.62. The molecule has 2 bridgehead atoms. The Morgan fingerprint density at radius 2 is 1.88 bits per heavy atom. The molecule has 5 aliphatic rings. The first-order valence-corrected chi connectivity index (χ1v) is 11.6. The molecule has 0 amide bonds. The van der Waals surface area contributed by atoms with E-state index in [2.05, 4.69) is 13.8 Å². The Kier molecular flexibility index (Phi) is 5.56. The van der Waals surface area contributed by atoms with E-state index < -0.39 is 29.9 Å². The molecule has 1 saturated carbocycles. The van der Waals surface area contributed by atoms with Gasteiger partial charge in [-0.25, -0.2) is 14.6 Å². The number of rotatable bonds is 4.